The Labute approximate surface area is 144 Å². The zero-order valence-corrected chi connectivity index (χ0v) is 13.4. The molecule has 0 saturated carbocycles. The van der Waals surface area contributed by atoms with Crippen LogP contribution in [-0.2, 0) is 0 Å². The van der Waals surface area contributed by atoms with Crippen LogP contribution < -0.4 is 10.5 Å². The van der Waals surface area contributed by atoms with Gasteiger partial charge >= 0.3 is 6.03 Å². The van der Waals surface area contributed by atoms with E-state index < -0.39 is 12.1 Å². The average Bonchev–Trinajstić information content (AvgIpc) is 2.61. The maximum atomic E-state index is 13.0. The molecule has 0 spiro atoms. The summed E-state index contributed by atoms with van der Waals surface area (Å²) in [5.41, 5.74) is 5.98. The summed E-state index contributed by atoms with van der Waals surface area (Å²) in [5.74, 6) is 0.309. The van der Waals surface area contributed by atoms with E-state index in [4.69, 9.17) is 10.5 Å². The lowest BCUT2D eigenvalue weighted by molar-refractivity contribution is -0.0560. The Morgan fingerprint density at radius 3 is 2.64 bits per heavy atom. The van der Waals surface area contributed by atoms with Crippen LogP contribution >= 0.6 is 0 Å². The molecule has 0 heterocycles. The van der Waals surface area contributed by atoms with Crippen molar-refractivity contribution in [3.63, 3.8) is 0 Å². The number of urea groups is 1. The van der Waals surface area contributed by atoms with Crippen LogP contribution in [0.1, 0.15) is 18.1 Å². The van der Waals surface area contributed by atoms with Gasteiger partial charge in [0.25, 0.3) is 0 Å². The summed E-state index contributed by atoms with van der Waals surface area (Å²) in [7, 11) is 0. The summed E-state index contributed by atoms with van der Waals surface area (Å²) >= 11 is 0. The number of carbonyl (C=O) groups excluding carboxylic acids is 1. The fourth-order valence-corrected chi connectivity index (χ4v) is 1.98. The van der Waals surface area contributed by atoms with E-state index >= 15 is 0 Å². The molecule has 2 aromatic rings. The largest absolute Gasteiger partial charge is 0.456 e. The minimum absolute atomic E-state index is 0.305. The van der Waals surface area contributed by atoms with Crippen molar-refractivity contribution >= 4 is 12.1 Å². The summed E-state index contributed by atoms with van der Waals surface area (Å²) in [4.78, 5) is 10.9. The molecule has 0 aliphatic heterocycles. The van der Waals surface area contributed by atoms with Gasteiger partial charge in [0.05, 0.1) is 11.6 Å². The third-order valence-electron chi connectivity index (χ3n) is 3.35. The van der Waals surface area contributed by atoms with Crippen LogP contribution in [0.15, 0.2) is 48.5 Å². The van der Waals surface area contributed by atoms with E-state index in [1.54, 1.807) is 37.3 Å². The Kier molecular flexibility index (Phi) is 5.71. The molecule has 0 saturated heterocycles. The Morgan fingerprint density at radius 1 is 1.36 bits per heavy atom. The van der Waals surface area contributed by atoms with Gasteiger partial charge in [0.1, 0.15) is 23.4 Å². The van der Waals surface area contributed by atoms with Crippen LogP contribution in [0, 0.1) is 17.1 Å². The molecule has 0 fully saturated rings. The maximum absolute atomic E-state index is 13.0. The number of carbonyl (C=O) groups is 1. The molecule has 3 N–H and O–H groups in total. The first-order valence-corrected chi connectivity index (χ1v) is 7.34. The highest BCUT2D eigenvalue weighted by atomic mass is 19.1. The van der Waals surface area contributed by atoms with Gasteiger partial charge in [-0.1, -0.05) is 18.2 Å². The van der Waals surface area contributed by atoms with Gasteiger partial charge in [0.15, 0.2) is 0 Å². The number of hydroxylamine groups is 2. The number of rotatable bonds is 5. The maximum Gasteiger partial charge on any atom is 0.339 e. The fraction of sp³-hybridized carbons (Fsp3) is 0.111. The van der Waals surface area contributed by atoms with Gasteiger partial charge in [-0.05, 0) is 48.9 Å². The third kappa shape index (κ3) is 4.80. The highest BCUT2D eigenvalue weighted by Gasteiger charge is 2.12. The van der Waals surface area contributed by atoms with Crippen LogP contribution in [0.4, 0.5) is 9.18 Å². The van der Waals surface area contributed by atoms with Gasteiger partial charge in [0, 0.05) is 0 Å². The van der Waals surface area contributed by atoms with Gasteiger partial charge in [-0.25, -0.2) is 9.18 Å². The molecule has 1 unspecified atom stereocenters. The summed E-state index contributed by atoms with van der Waals surface area (Å²) in [6, 6.07) is 10.7. The summed E-state index contributed by atoms with van der Waals surface area (Å²) in [6.07, 6.45) is 3.21. The Morgan fingerprint density at radius 2 is 2.04 bits per heavy atom. The molecule has 6 nitrogen and oxygen atoms in total. The molecule has 0 aliphatic rings. The number of nitrogens with zero attached hydrogens (tertiary/aromatic N) is 2. The Bertz CT molecular complexity index is 828. The van der Waals surface area contributed by atoms with E-state index in [2.05, 4.69) is 0 Å². The minimum atomic E-state index is -0.961. The van der Waals surface area contributed by atoms with Crippen LogP contribution in [0.3, 0.4) is 0 Å². The van der Waals surface area contributed by atoms with Crippen LogP contribution in [0.25, 0.3) is 6.08 Å². The normalized spacial score (nSPS) is 11.8. The van der Waals surface area contributed by atoms with Gasteiger partial charge in [0.2, 0.25) is 0 Å². The van der Waals surface area contributed by atoms with Crippen molar-refractivity contribution in [2.24, 2.45) is 5.73 Å². The van der Waals surface area contributed by atoms with Crippen LogP contribution in [-0.4, -0.2) is 22.3 Å². The second-order valence-electron chi connectivity index (χ2n) is 5.21. The van der Waals surface area contributed by atoms with Crippen molar-refractivity contribution < 1.29 is 19.1 Å². The molecular weight excluding hydrogens is 325 g/mol. The molecule has 0 radical (unpaired) electrons. The summed E-state index contributed by atoms with van der Waals surface area (Å²) in [6.45, 7) is 1.58. The summed E-state index contributed by atoms with van der Waals surface area (Å²) < 4.78 is 18.6. The first-order chi connectivity index (χ1) is 11.9. The summed E-state index contributed by atoms with van der Waals surface area (Å²) in [5, 5.41) is 19.0. The smallest absolute Gasteiger partial charge is 0.339 e. The van der Waals surface area contributed by atoms with Crippen molar-refractivity contribution in [2.45, 2.75) is 13.0 Å². The van der Waals surface area contributed by atoms with E-state index in [0.29, 0.717) is 27.7 Å². The highest BCUT2D eigenvalue weighted by molar-refractivity contribution is 5.71. The predicted octanol–water partition coefficient (Wildman–Crippen LogP) is 3.66. The van der Waals surface area contributed by atoms with Crippen LogP contribution in [0.5, 0.6) is 11.5 Å². The first-order valence-electron chi connectivity index (χ1n) is 7.34. The molecular formula is C18H16FN3O3. The number of amides is 2. The number of nitrogens with two attached hydrogens (primary N) is 1. The molecule has 25 heavy (non-hydrogen) atoms. The van der Waals surface area contributed by atoms with E-state index in [9.17, 15) is 19.7 Å². The van der Waals surface area contributed by atoms with Crippen molar-refractivity contribution in [3.8, 4) is 17.6 Å². The van der Waals surface area contributed by atoms with Crippen molar-refractivity contribution in [1.29, 1.82) is 5.26 Å². The number of halogens is 1. The monoisotopic (exact) mass is 341 g/mol. The Hall–Kier alpha value is -3.37. The fourth-order valence-electron chi connectivity index (χ4n) is 1.98. The average molecular weight is 341 g/mol. The minimum Gasteiger partial charge on any atom is -0.456 e. The molecule has 2 amide bonds. The van der Waals surface area contributed by atoms with Gasteiger partial charge in [-0.3, -0.25) is 5.21 Å². The zero-order valence-electron chi connectivity index (χ0n) is 13.4. The number of primary amides is 1. The quantitative estimate of drug-likeness (QED) is 0.640. The lowest BCUT2D eigenvalue weighted by Gasteiger charge is -2.16. The van der Waals surface area contributed by atoms with Crippen molar-refractivity contribution in [2.75, 3.05) is 0 Å². The lowest BCUT2D eigenvalue weighted by atomic mass is 10.1. The number of hydrogen-bond donors (Lipinski definition) is 2. The molecule has 0 aliphatic carbocycles. The van der Waals surface area contributed by atoms with E-state index in [1.807, 2.05) is 6.07 Å². The van der Waals surface area contributed by atoms with Gasteiger partial charge in [-0.2, -0.15) is 10.3 Å². The topological polar surface area (TPSA) is 99.6 Å². The molecule has 2 aromatic carbocycles. The van der Waals surface area contributed by atoms with E-state index in [0.717, 1.165) is 0 Å². The van der Waals surface area contributed by atoms with Gasteiger partial charge < -0.3 is 10.5 Å². The molecule has 1 atom stereocenters. The molecule has 0 bridgehead atoms. The van der Waals surface area contributed by atoms with Crippen molar-refractivity contribution in [3.05, 3.63) is 65.5 Å². The standard InChI is InChI=1S/C18H16FN3O3/c1-12(22(24)18(21)23)2-3-13-4-5-14(11-20)17(10-13)25-16-8-6-15(19)7-9-16/h2-10,12,24H,1H3,(H2,21,23). The zero-order chi connectivity index (χ0) is 18.4. The number of benzene rings is 2. The van der Waals surface area contributed by atoms with Crippen LogP contribution in [0.2, 0.25) is 0 Å². The predicted molar refractivity (Wildman–Crippen MR) is 89.3 cm³/mol. The molecule has 0 aromatic heterocycles. The van der Waals surface area contributed by atoms with E-state index in [1.165, 1.54) is 24.3 Å². The lowest BCUT2D eigenvalue weighted by Crippen LogP contribution is -2.38. The first kappa shape index (κ1) is 18.0. The van der Waals surface area contributed by atoms with Gasteiger partial charge in [-0.15, -0.1) is 0 Å². The van der Waals surface area contributed by atoms with Crippen molar-refractivity contribution in [1.82, 2.24) is 5.06 Å². The second-order valence-corrected chi connectivity index (χ2v) is 5.21. The molecule has 2 rings (SSSR count). The number of nitriles is 1. The Balaban J connectivity index is 2.23. The highest BCUT2D eigenvalue weighted by Crippen LogP contribution is 2.27. The number of ether oxygens (including phenoxy) is 1. The van der Waals surface area contributed by atoms with E-state index in [-0.39, 0.29) is 5.82 Å². The number of hydrogen-bond acceptors (Lipinski definition) is 4. The second kappa shape index (κ2) is 7.95. The molecule has 128 valence electrons. The molecule has 7 heteroatoms. The third-order valence-corrected chi connectivity index (χ3v) is 3.35. The SMILES string of the molecule is CC(C=Cc1ccc(C#N)c(Oc2ccc(F)cc2)c1)N(O)C(N)=O.